The van der Waals surface area contributed by atoms with Crippen molar-refractivity contribution < 1.29 is 9.59 Å². The number of carbonyl (C=O) groups is 2. The Kier molecular flexibility index (Phi) is 3.95. The van der Waals surface area contributed by atoms with Crippen LogP contribution in [0, 0.1) is 6.92 Å². The number of nitrogens with one attached hydrogen (secondary N) is 1. The minimum absolute atomic E-state index is 0.230. The molecule has 0 saturated carbocycles. The van der Waals surface area contributed by atoms with Gasteiger partial charge in [-0.25, -0.2) is 4.79 Å². The molecule has 4 nitrogen and oxygen atoms in total. The van der Waals surface area contributed by atoms with Gasteiger partial charge < -0.3 is 10.2 Å². The normalized spacial score (nSPS) is 9.75. The molecule has 0 unspecified atom stereocenters. The number of hydrogen-bond donors (Lipinski definition) is 2. The van der Waals surface area contributed by atoms with E-state index in [4.69, 9.17) is 0 Å². The van der Waals surface area contributed by atoms with Gasteiger partial charge in [0.05, 0.1) is 0 Å². The Bertz CT molecular complexity index is 430. The zero-order chi connectivity index (χ0) is 12.3. The molecule has 0 aromatic heterocycles. The first kappa shape index (κ1) is 12.6. The van der Waals surface area contributed by atoms with Crippen molar-refractivity contribution in [3.8, 4) is 0 Å². The summed E-state index contributed by atoms with van der Waals surface area (Å²) in [4.78, 5) is 24.0. The van der Waals surface area contributed by atoms with Gasteiger partial charge in [-0.1, -0.05) is 12.1 Å². The van der Waals surface area contributed by atoms with E-state index in [-0.39, 0.29) is 11.1 Å². The standard InChI is InChI=1S/C11H14N2O2S/c1-7-4-5-8(10(14)16)6-9(7)12-11(15)13(2)3/h4-6H,1-3H3,(H,12,15)(H,14,16). The van der Waals surface area contributed by atoms with Crippen LogP contribution >= 0.6 is 12.6 Å². The third kappa shape index (κ3) is 3.00. The van der Waals surface area contributed by atoms with Crippen LogP contribution in [0.25, 0.3) is 0 Å². The molecule has 0 bridgehead atoms. The van der Waals surface area contributed by atoms with Gasteiger partial charge in [-0.3, -0.25) is 4.79 Å². The molecule has 0 fully saturated rings. The number of hydrogen-bond acceptors (Lipinski definition) is 2. The zero-order valence-electron chi connectivity index (χ0n) is 9.44. The molecule has 16 heavy (non-hydrogen) atoms. The van der Waals surface area contributed by atoms with Crippen LogP contribution in [0.4, 0.5) is 10.5 Å². The Morgan fingerprint density at radius 3 is 2.44 bits per heavy atom. The fourth-order valence-corrected chi connectivity index (χ4v) is 1.26. The molecule has 0 heterocycles. The lowest BCUT2D eigenvalue weighted by Crippen LogP contribution is -2.27. The second kappa shape index (κ2) is 5.03. The summed E-state index contributed by atoms with van der Waals surface area (Å²) in [6.45, 7) is 1.86. The zero-order valence-corrected chi connectivity index (χ0v) is 10.3. The molecule has 0 radical (unpaired) electrons. The Hall–Kier alpha value is -1.49. The maximum atomic E-state index is 11.5. The quantitative estimate of drug-likeness (QED) is 0.776. The summed E-state index contributed by atoms with van der Waals surface area (Å²) in [7, 11) is 3.30. The summed E-state index contributed by atoms with van der Waals surface area (Å²) in [6.07, 6.45) is 0. The van der Waals surface area contributed by atoms with Crippen molar-refractivity contribution in [3.63, 3.8) is 0 Å². The van der Waals surface area contributed by atoms with Crippen molar-refractivity contribution in [1.29, 1.82) is 0 Å². The van der Waals surface area contributed by atoms with Gasteiger partial charge in [0.25, 0.3) is 0 Å². The van der Waals surface area contributed by atoms with Crippen LogP contribution in [0.3, 0.4) is 0 Å². The topological polar surface area (TPSA) is 49.4 Å². The van der Waals surface area contributed by atoms with Gasteiger partial charge in [0, 0.05) is 25.3 Å². The van der Waals surface area contributed by atoms with Crippen molar-refractivity contribution >= 4 is 29.5 Å². The monoisotopic (exact) mass is 238 g/mol. The first-order valence-electron chi connectivity index (χ1n) is 4.74. The molecule has 2 amide bonds. The highest BCUT2D eigenvalue weighted by Gasteiger charge is 2.08. The number of aryl methyl sites for hydroxylation is 1. The van der Waals surface area contributed by atoms with Gasteiger partial charge in [0.2, 0.25) is 5.12 Å². The molecule has 1 aromatic carbocycles. The maximum absolute atomic E-state index is 11.5. The lowest BCUT2D eigenvalue weighted by Gasteiger charge is -2.14. The molecule has 0 aliphatic carbocycles. The van der Waals surface area contributed by atoms with E-state index in [0.29, 0.717) is 11.3 Å². The summed E-state index contributed by atoms with van der Waals surface area (Å²) in [5, 5.41) is 2.39. The minimum atomic E-state index is -0.319. The molecular formula is C11H14N2O2S. The highest BCUT2D eigenvalue weighted by Crippen LogP contribution is 2.18. The van der Waals surface area contributed by atoms with Gasteiger partial charge in [-0.15, -0.1) is 12.6 Å². The van der Waals surface area contributed by atoms with Gasteiger partial charge in [-0.2, -0.15) is 0 Å². The number of urea groups is 1. The van der Waals surface area contributed by atoms with Crippen LogP contribution in [-0.4, -0.2) is 30.1 Å². The molecule has 0 aliphatic rings. The van der Waals surface area contributed by atoms with Crippen molar-refractivity contribution in [3.05, 3.63) is 29.3 Å². The van der Waals surface area contributed by atoms with Crippen molar-refractivity contribution in [1.82, 2.24) is 4.90 Å². The summed E-state index contributed by atoms with van der Waals surface area (Å²) < 4.78 is 0. The second-order valence-corrected chi connectivity index (χ2v) is 4.07. The van der Waals surface area contributed by atoms with E-state index in [2.05, 4.69) is 17.9 Å². The van der Waals surface area contributed by atoms with E-state index in [0.717, 1.165) is 5.56 Å². The predicted octanol–water partition coefficient (Wildman–Crippen LogP) is 2.16. The van der Waals surface area contributed by atoms with E-state index >= 15 is 0 Å². The third-order valence-corrected chi connectivity index (χ3v) is 2.39. The second-order valence-electron chi connectivity index (χ2n) is 3.66. The van der Waals surface area contributed by atoms with E-state index < -0.39 is 0 Å². The van der Waals surface area contributed by atoms with Crippen molar-refractivity contribution in [2.75, 3.05) is 19.4 Å². The average Bonchev–Trinajstić information content (AvgIpc) is 2.20. The lowest BCUT2D eigenvalue weighted by molar-refractivity contribution is 0.109. The SMILES string of the molecule is Cc1ccc(C(=O)S)cc1NC(=O)N(C)C. The Morgan fingerprint density at radius 2 is 1.94 bits per heavy atom. The number of benzene rings is 1. The van der Waals surface area contributed by atoms with Crippen molar-refractivity contribution in [2.24, 2.45) is 0 Å². The molecule has 1 aromatic rings. The summed E-state index contributed by atoms with van der Waals surface area (Å²) in [5.41, 5.74) is 1.98. The van der Waals surface area contributed by atoms with Crippen LogP contribution in [-0.2, 0) is 0 Å². The Morgan fingerprint density at radius 1 is 1.31 bits per heavy atom. The predicted molar refractivity (Wildman–Crippen MR) is 67.2 cm³/mol. The molecule has 1 N–H and O–H groups in total. The number of amides is 2. The third-order valence-electron chi connectivity index (χ3n) is 2.13. The summed E-state index contributed by atoms with van der Waals surface area (Å²) in [5.74, 6) is 0. The molecule has 1 rings (SSSR count). The number of rotatable bonds is 2. The molecular weight excluding hydrogens is 224 g/mol. The van der Waals surface area contributed by atoms with E-state index in [1.807, 2.05) is 6.92 Å². The highest BCUT2D eigenvalue weighted by atomic mass is 32.1. The molecule has 5 heteroatoms. The van der Waals surface area contributed by atoms with Gasteiger partial charge in [0.1, 0.15) is 0 Å². The van der Waals surface area contributed by atoms with E-state index in [9.17, 15) is 9.59 Å². The van der Waals surface area contributed by atoms with Crippen LogP contribution in [0.5, 0.6) is 0 Å². The largest absolute Gasteiger partial charge is 0.331 e. The molecule has 0 saturated heterocycles. The number of carbonyl (C=O) groups excluding carboxylic acids is 2. The Balaban J connectivity index is 2.99. The Labute approximate surface area is 100 Å². The average molecular weight is 238 g/mol. The number of thiol groups is 1. The van der Waals surface area contributed by atoms with Gasteiger partial charge in [-0.05, 0) is 18.6 Å². The fourth-order valence-electron chi connectivity index (χ4n) is 1.12. The maximum Gasteiger partial charge on any atom is 0.321 e. The van der Waals surface area contributed by atoms with Gasteiger partial charge >= 0.3 is 6.03 Å². The van der Waals surface area contributed by atoms with Gasteiger partial charge in [0.15, 0.2) is 0 Å². The van der Waals surface area contributed by atoms with Crippen molar-refractivity contribution in [2.45, 2.75) is 6.92 Å². The smallest absolute Gasteiger partial charge is 0.321 e. The number of anilines is 1. The van der Waals surface area contributed by atoms with Crippen LogP contribution in [0.2, 0.25) is 0 Å². The van der Waals surface area contributed by atoms with Crippen LogP contribution in [0.15, 0.2) is 18.2 Å². The molecule has 0 spiro atoms. The molecule has 86 valence electrons. The first-order chi connectivity index (χ1) is 7.41. The summed E-state index contributed by atoms with van der Waals surface area (Å²) in [6, 6.07) is 4.84. The van der Waals surface area contributed by atoms with E-state index in [1.54, 1.807) is 32.3 Å². The van der Waals surface area contributed by atoms with Crippen LogP contribution in [0.1, 0.15) is 15.9 Å². The lowest BCUT2D eigenvalue weighted by atomic mass is 10.1. The highest BCUT2D eigenvalue weighted by molar-refractivity contribution is 7.97. The van der Waals surface area contributed by atoms with E-state index in [1.165, 1.54) is 4.90 Å². The molecule has 0 aliphatic heterocycles. The minimum Gasteiger partial charge on any atom is -0.331 e. The molecule has 0 atom stereocenters. The summed E-state index contributed by atoms with van der Waals surface area (Å²) >= 11 is 3.74. The fraction of sp³-hybridized carbons (Fsp3) is 0.273. The number of nitrogens with zero attached hydrogens (tertiary/aromatic N) is 1. The first-order valence-corrected chi connectivity index (χ1v) is 5.19. The van der Waals surface area contributed by atoms with Crippen LogP contribution < -0.4 is 5.32 Å².